The molecule has 0 aliphatic rings. The monoisotopic (exact) mass is 287 g/mol. The van der Waals surface area contributed by atoms with Crippen molar-refractivity contribution in [1.82, 2.24) is 0 Å². The maximum Gasteiger partial charge on any atom is 0.416 e. The van der Waals surface area contributed by atoms with E-state index in [4.69, 9.17) is 5.73 Å². The normalized spacial score (nSPS) is 11.6. The Kier molecular flexibility index (Phi) is 3.71. The molecule has 0 aliphatic heterocycles. The fraction of sp³-hybridized carbons (Fsp3) is 0.0769. The summed E-state index contributed by atoms with van der Waals surface area (Å²) in [6.07, 6.45) is -4.42. The number of alkyl halides is 3. The first-order valence-corrected chi connectivity index (χ1v) is 6.08. The highest BCUT2D eigenvalue weighted by atomic mass is 32.2. The average molecular weight is 287 g/mol. The van der Waals surface area contributed by atoms with Crippen molar-refractivity contribution in [2.45, 2.75) is 16.0 Å². The summed E-state index contributed by atoms with van der Waals surface area (Å²) >= 11 is 1.12. The molecule has 0 saturated heterocycles. The maximum atomic E-state index is 13.0. The molecule has 6 heteroatoms. The molecule has 19 heavy (non-hydrogen) atoms. The van der Waals surface area contributed by atoms with E-state index in [0.717, 1.165) is 23.9 Å². The summed E-state index contributed by atoms with van der Waals surface area (Å²) in [6, 6.07) is 8.89. The Morgan fingerprint density at radius 1 is 1.00 bits per heavy atom. The number of anilines is 1. The molecule has 0 amide bonds. The van der Waals surface area contributed by atoms with E-state index in [1.165, 1.54) is 24.3 Å². The predicted molar refractivity (Wildman–Crippen MR) is 66.4 cm³/mol. The molecule has 100 valence electrons. The van der Waals surface area contributed by atoms with Crippen LogP contribution in [-0.4, -0.2) is 0 Å². The highest BCUT2D eigenvalue weighted by Gasteiger charge is 2.30. The van der Waals surface area contributed by atoms with Gasteiger partial charge < -0.3 is 5.73 Å². The van der Waals surface area contributed by atoms with Crippen LogP contribution >= 0.6 is 11.8 Å². The molecule has 0 spiro atoms. The first-order valence-electron chi connectivity index (χ1n) is 5.26. The summed E-state index contributed by atoms with van der Waals surface area (Å²) in [5.41, 5.74) is 4.81. The molecule has 0 unspecified atom stereocenters. The van der Waals surface area contributed by atoms with Crippen LogP contribution in [0.5, 0.6) is 0 Å². The van der Waals surface area contributed by atoms with Gasteiger partial charge in [-0.25, -0.2) is 4.39 Å². The Labute approximate surface area is 111 Å². The zero-order valence-electron chi connectivity index (χ0n) is 9.54. The van der Waals surface area contributed by atoms with Crippen molar-refractivity contribution in [2.75, 3.05) is 5.73 Å². The average Bonchev–Trinajstić information content (AvgIpc) is 2.30. The minimum Gasteiger partial charge on any atom is -0.398 e. The topological polar surface area (TPSA) is 26.0 Å². The minimum absolute atomic E-state index is 0.0177. The van der Waals surface area contributed by atoms with Gasteiger partial charge in [0, 0.05) is 15.5 Å². The van der Waals surface area contributed by atoms with E-state index in [2.05, 4.69) is 0 Å². The molecular formula is C13H9F4NS. The molecule has 2 rings (SSSR count). The van der Waals surface area contributed by atoms with Crippen molar-refractivity contribution in [3.05, 3.63) is 53.8 Å². The van der Waals surface area contributed by atoms with Crippen LogP contribution < -0.4 is 5.73 Å². The van der Waals surface area contributed by atoms with Crippen LogP contribution in [0.25, 0.3) is 0 Å². The number of hydrogen-bond donors (Lipinski definition) is 1. The zero-order chi connectivity index (χ0) is 14.0. The second-order valence-corrected chi connectivity index (χ2v) is 4.93. The molecular weight excluding hydrogens is 278 g/mol. The third-order valence-electron chi connectivity index (χ3n) is 2.36. The smallest absolute Gasteiger partial charge is 0.398 e. The summed E-state index contributed by atoms with van der Waals surface area (Å²) in [4.78, 5) is 1.03. The van der Waals surface area contributed by atoms with Gasteiger partial charge in [0.05, 0.1) is 5.56 Å². The lowest BCUT2D eigenvalue weighted by molar-refractivity contribution is -0.137. The van der Waals surface area contributed by atoms with E-state index in [9.17, 15) is 17.6 Å². The van der Waals surface area contributed by atoms with Crippen LogP contribution in [0.4, 0.5) is 23.2 Å². The van der Waals surface area contributed by atoms with E-state index in [0.29, 0.717) is 9.79 Å². The van der Waals surface area contributed by atoms with E-state index in [1.54, 1.807) is 6.07 Å². The summed E-state index contributed by atoms with van der Waals surface area (Å²) in [7, 11) is 0. The Morgan fingerprint density at radius 2 is 1.74 bits per heavy atom. The molecule has 0 saturated carbocycles. The van der Waals surface area contributed by atoms with Crippen molar-refractivity contribution in [3.63, 3.8) is 0 Å². The number of hydrogen-bond acceptors (Lipinski definition) is 2. The lowest BCUT2D eigenvalue weighted by atomic mass is 10.2. The number of benzene rings is 2. The number of nitrogen functional groups attached to an aromatic ring is 1. The van der Waals surface area contributed by atoms with E-state index in [1.807, 2.05) is 0 Å². The molecule has 0 bridgehead atoms. The van der Waals surface area contributed by atoms with Crippen molar-refractivity contribution >= 4 is 17.4 Å². The Hall–Kier alpha value is -1.69. The van der Waals surface area contributed by atoms with Gasteiger partial charge in [0.1, 0.15) is 5.82 Å². The molecule has 0 atom stereocenters. The Morgan fingerprint density at radius 3 is 2.32 bits per heavy atom. The third kappa shape index (κ3) is 3.41. The molecule has 2 aromatic rings. The number of halogens is 4. The van der Waals surface area contributed by atoms with Gasteiger partial charge in [-0.3, -0.25) is 0 Å². The standard InChI is InChI=1S/C13H9F4NS/c14-9-2-1-3-10(7-9)19-12-5-4-8(6-11(12)18)13(15,16)17/h1-7H,18H2. The first-order chi connectivity index (χ1) is 8.86. The number of nitrogens with two attached hydrogens (primary N) is 1. The van der Waals surface area contributed by atoms with Crippen LogP contribution in [0.1, 0.15) is 5.56 Å². The lowest BCUT2D eigenvalue weighted by Crippen LogP contribution is -2.05. The highest BCUT2D eigenvalue weighted by Crippen LogP contribution is 2.36. The molecule has 0 aromatic heterocycles. The van der Waals surface area contributed by atoms with Crippen LogP contribution in [-0.2, 0) is 6.18 Å². The van der Waals surface area contributed by atoms with Crippen molar-refractivity contribution in [1.29, 1.82) is 0 Å². The molecule has 2 N–H and O–H groups in total. The second-order valence-electron chi connectivity index (χ2n) is 3.81. The van der Waals surface area contributed by atoms with Gasteiger partial charge in [-0.1, -0.05) is 17.8 Å². The zero-order valence-corrected chi connectivity index (χ0v) is 10.4. The van der Waals surface area contributed by atoms with Crippen LogP contribution in [0.2, 0.25) is 0 Å². The van der Waals surface area contributed by atoms with Gasteiger partial charge in [0.2, 0.25) is 0 Å². The fourth-order valence-electron chi connectivity index (χ4n) is 1.48. The highest BCUT2D eigenvalue weighted by molar-refractivity contribution is 7.99. The van der Waals surface area contributed by atoms with E-state index < -0.39 is 17.6 Å². The molecule has 2 aromatic carbocycles. The molecule has 0 fully saturated rings. The van der Waals surface area contributed by atoms with Gasteiger partial charge in [0.15, 0.2) is 0 Å². The maximum absolute atomic E-state index is 13.0. The van der Waals surface area contributed by atoms with Gasteiger partial charge in [0.25, 0.3) is 0 Å². The van der Waals surface area contributed by atoms with Gasteiger partial charge in [-0.15, -0.1) is 0 Å². The predicted octanol–water partition coefficient (Wildman–Crippen LogP) is 4.58. The SMILES string of the molecule is Nc1cc(C(F)(F)F)ccc1Sc1cccc(F)c1. The summed E-state index contributed by atoms with van der Waals surface area (Å²) < 4.78 is 50.4. The largest absolute Gasteiger partial charge is 0.416 e. The number of rotatable bonds is 2. The van der Waals surface area contributed by atoms with Crippen LogP contribution in [0.15, 0.2) is 52.3 Å². The lowest BCUT2D eigenvalue weighted by Gasteiger charge is -2.10. The third-order valence-corrected chi connectivity index (χ3v) is 3.44. The minimum atomic E-state index is -4.42. The van der Waals surface area contributed by atoms with E-state index in [-0.39, 0.29) is 5.69 Å². The second kappa shape index (κ2) is 5.13. The van der Waals surface area contributed by atoms with E-state index >= 15 is 0 Å². The first kappa shape index (κ1) is 13.7. The quantitative estimate of drug-likeness (QED) is 0.646. The molecule has 0 radical (unpaired) electrons. The Bertz CT molecular complexity index is 595. The van der Waals surface area contributed by atoms with Gasteiger partial charge >= 0.3 is 6.18 Å². The molecule has 1 nitrogen and oxygen atoms in total. The van der Waals surface area contributed by atoms with Gasteiger partial charge in [-0.2, -0.15) is 13.2 Å². The Balaban J connectivity index is 2.27. The summed E-state index contributed by atoms with van der Waals surface area (Å²) in [5, 5.41) is 0. The van der Waals surface area contributed by atoms with Crippen LogP contribution in [0, 0.1) is 5.82 Å². The fourth-order valence-corrected chi connectivity index (χ4v) is 2.36. The molecule has 0 heterocycles. The summed E-state index contributed by atoms with van der Waals surface area (Å²) in [6.45, 7) is 0. The van der Waals surface area contributed by atoms with Gasteiger partial charge in [-0.05, 0) is 36.4 Å². The van der Waals surface area contributed by atoms with Crippen molar-refractivity contribution < 1.29 is 17.6 Å². The van der Waals surface area contributed by atoms with Crippen LogP contribution in [0.3, 0.4) is 0 Å². The summed E-state index contributed by atoms with van der Waals surface area (Å²) in [5.74, 6) is -0.407. The molecule has 0 aliphatic carbocycles. The van der Waals surface area contributed by atoms with Crippen molar-refractivity contribution in [3.8, 4) is 0 Å². The van der Waals surface area contributed by atoms with Crippen molar-refractivity contribution in [2.24, 2.45) is 0 Å².